The third-order valence-electron chi connectivity index (χ3n) is 3.08. The number of hydrogen-bond donors (Lipinski definition) is 2. The van der Waals surface area contributed by atoms with Crippen molar-refractivity contribution in [3.05, 3.63) is 11.6 Å². The molecule has 1 unspecified atom stereocenters. The summed E-state index contributed by atoms with van der Waals surface area (Å²) in [4.78, 5) is 0. The van der Waals surface area contributed by atoms with Gasteiger partial charge in [0.05, 0.1) is 32.0 Å². The smallest absolute Gasteiger partial charge is 0.0689 e. The second-order valence-corrected chi connectivity index (χ2v) is 4.30. The van der Waals surface area contributed by atoms with E-state index in [-0.39, 0.29) is 12.1 Å². The largest absolute Gasteiger partial charge is 0.394 e. The minimum absolute atomic E-state index is 0.140. The Morgan fingerprint density at radius 2 is 2.33 bits per heavy atom. The number of hydrogen-bond acceptors (Lipinski definition) is 4. The van der Waals surface area contributed by atoms with Crippen molar-refractivity contribution < 1.29 is 14.6 Å². The lowest BCUT2D eigenvalue weighted by molar-refractivity contribution is 0.118. The number of aliphatic hydroxyl groups is 1. The Bertz CT molecular complexity index is 234. The summed E-state index contributed by atoms with van der Waals surface area (Å²) < 4.78 is 10.7. The molecule has 15 heavy (non-hydrogen) atoms. The van der Waals surface area contributed by atoms with Crippen molar-refractivity contribution in [3.63, 3.8) is 0 Å². The maximum Gasteiger partial charge on any atom is 0.0689 e. The van der Waals surface area contributed by atoms with Gasteiger partial charge in [-0.3, -0.25) is 0 Å². The van der Waals surface area contributed by atoms with Crippen molar-refractivity contribution in [2.24, 2.45) is 0 Å². The van der Waals surface area contributed by atoms with Gasteiger partial charge in [0.25, 0.3) is 0 Å². The van der Waals surface area contributed by atoms with E-state index >= 15 is 0 Å². The molecule has 0 aromatic rings. The van der Waals surface area contributed by atoms with E-state index < -0.39 is 0 Å². The van der Waals surface area contributed by atoms with Crippen LogP contribution in [0.4, 0.5) is 0 Å². The number of nitrogens with one attached hydrogen (secondary N) is 1. The van der Waals surface area contributed by atoms with Gasteiger partial charge in [-0.25, -0.2) is 0 Å². The summed E-state index contributed by atoms with van der Waals surface area (Å²) in [6.07, 6.45) is 4.11. The van der Waals surface area contributed by atoms with Gasteiger partial charge in [0.15, 0.2) is 0 Å². The van der Waals surface area contributed by atoms with Crippen LogP contribution < -0.4 is 5.32 Å². The summed E-state index contributed by atoms with van der Waals surface area (Å²) in [5.41, 5.74) is 1.05. The molecular weight excluding hydrogens is 194 g/mol. The van der Waals surface area contributed by atoms with Gasteiger partial charge in [-0.05, 0) is 18.4 Å². The second-order valence-electron chi connectivity index (χ2n) is 4.30. The molecule has 0 bridgehead atoms. The highest BCUT2D eigenvalue weighted by Crippen LogP contribution is 2.18. The average Bonchev–Trinajstić information content (AvgIpc) is 2.77. The molecule has 2 aliphatic rings. The van der Waals surface area contributed by atoms with Gasteiger partial charge >= 0.3 is 0 Å². The van der Waals surface area contributed by atoms with Crippen LogP contribution in [0, 0.1) is 0 Å². The quantitative estimate of drug-likeness (QED) is 0.649. The highest BCUT2D eigenvalue weighted by Gasteiger charge is 2.33. The lowest BCUT2D eigenvalue weighted by Gasteiger charge is -2.27. The summed E-state index contributed by atoms with van der Waals surface area (Å²) in [5, 5.41) is 12.7. The van der Waals surface area contributed by atoms with Gasteiger partial charge in [0, 0.05) is 13.2 Å². The first-order valence-corrected chi connectivity index (χ1v) is 5.54. The normalized spacial score (nSPS) is 31.7. The number of ether oxygens (including phenoxy) is 2. The zero-order valence-electron chi connectivity index (χ0n) is 9.00. The van der Waals surface area contributed by atoms with Gasteiger partial charge in [0.1, 0.15) is 0 Å². The summed E-state index contributed by atoms with van der Waals surface area (Å²) in [5.74, 6) is 0. The molecule has 0 spiro atoms. The third-order valence-corrected chi connectivity index (χ3v) is 3.08. The molecule has 1 saturated heterocycles. The predicted octanol–water partition coefficient (Wildman–Crippen LogP) is 0.0741. The molecule has 0 radical (unpaired) electrons. The lowest BCUT2D eigenvalue weighted by atomic mass is 9.99. The van der Waals surface area contributed by atoms with E-state index in [2.05, 4.69) is 11.4 Å². The highest BCUT2D eigenvalue weighted by atomic mass is 16.5. The Labute approximate surface area is 90.3 Å². The van der Waals surface area contributed by atoms with E-state index in [0.717, 1.165) is 39.2 Å². The maximum absolute atomic E-state index is 9.35. The molecule has 0 aliphatic carbocycles. The second kappa shape index (κ2) is 5.07. The molecule has 0 amide bonds. The minimum atomic E-state index is -0.224. The molecule has 0 aromatic heterocycles. The first kappa shape index (κ1) is 11.1. The highest BCUT2D eigenvalue weighted by molar-refractivity contribution is 5.08. The standard InChI is InChI=1S/C11H19NO3/c13-8-11(3-5-15-9-11)12-6-10-2-1-4-14-7-10/h2,12-13H,1,3-9H2. The van der Waals surface area contributed by atoms with E-state index in [1.807, 2.05) is 0 Å². The maximum atomic E-state index is 9.35. The van der Waals surface area contributed by atoms with Crippen LogP contribution in [0.15, 0.2) is 11.6 Å². The fraction of sp³-hybridized carbons (Fsp3) is 0.818. The van der Waals surface area contributed by atoms with E-state index in [0.29, 0.717) is 6.61 Å². The molecule has 1 atom stereocenters. The predicted molar refractivity (Wildman–Crippen MR) is 56.8 cm³/mol. The van der Waals surface area contributed by atoms with Crippen LogP contribution in [-0.4, -0.2) is 50.2 Å². The summed E-state index contributed by atoms with van der Waals surface area (Å²) in [6, 6.07) is 0. The fourth-order valence-electron chi connectivity index (χ4n) is 1.96. The molecule has 2 heterocycles. The molecule has 0 saturated carbocycles. The minimum Gasteiger partial charge on any atom is -0.394 e. The molecule has 2 N–H and O–H groups in total. The van der Waals surface area contributed by atoms with E-state index in [1.165, 1.54) is 5.57 Å². The molecule has 2 aliphatic heterocycles. The molecule has 4 nitrogen and oxygen atoms in total. The molecule has 86 valence electrons. The Morgan fingerprint density at radius 3 is 2.93 bits per heavy atom. The Morgan fingerprint density at radius 1 is 1.40 bits per heavy atom. The fourth-order valence-corrected chi connectivity index (χ4v) is 1.96. The Kier molecular flexibility index (Phi) is 3.75. The Hall–Kier alpha value is -0.420. The first-order valence-electron chi connectivity index (χ1n) is 5.54. The van der Waals surface area contributed by atoms with Crippen molar-refractivity contribution in [2.45, 2.75) is 18.4 Å². The molecule has 0 aromatic carbocycles. The SMILES string of the molecule is OCC1(NCC2=CCCOC2)CCOC1. The zero-order chi connectivity index (χ0) is 10.6. The van der Waals surface area contributed by atoms with E-state index in [1.54, 1.807) is 0 Å². The first-order chi connectivity index (χ1) is 7.35. The van der Waals surface area contributed by atoms with Gasteiger partial charge < -0.3 is 19.9 Å². The van der Waals surface area contributed by atoms with Crippen LogP contribution in [0.2, 0.25) is 0 Å². The van der Waals surface area contributed by atoms with E-state index in [9.17, 15) is 5.11 Å². The summed E-state index contributed by atoms with van der Waals surface area (Å²) in [7, 11) is 0. The van der Waals surface area contributed by atoms with Gasteiger partial charge in [0.2, 0.25) is 0 Å². The van der Waals surface area contributed by atoms with Crippen molar-refractivity contribution in [2.75, 3.05) is 39.6 Å². The Balaban J connectivity index is 1.82. The van der Waals surface area contributed by atoms with Crippen molar-refractivity contribution in [1.82, 2.24) is 5.32 Å². The van der Waals surface area contributed by atoms with Crippen LogP contribution in [0.5, 0.6) is 0 Å². The molecule has 2 rings (SSSR count). The van der Waals surface area contributed by atoms with Crippen molar-refractivity contribution in [1.29, 1.82) is 0 Å². The van der Waals surface area contributed by atoms with Crippen LogP contribution in [0.25, 0.3) is 0 Å². The van der Waals surface area contributed by atoms with Crippen LogP contribution in [0.1, 0.15) is 12.8 Å². The summed E-state index contributed by atoms with van der Waals surface area (Å²) >= 11 is 0. The van der Waals surface area contributed by atoms with Crippen LogP contribution in [-0.2, 0) is 9.47 Å². The topological polar surface area (TPSA) is 50.7 Å². The lowest BCUT2D eigenvalue weighted by Crippen LogP contribution is -2.50. The van der Waals surface area contributed by atoms with Gasteiger partial charge in [-0.2, -0.15) is 0 Å². The monoisotopic (exact) mass is 213 g/mol. The van der Waals surface area contributed by atoms with Crippen molar-refractivity contribution in [3.8, 4) is 0 Å². The molecular formula is C11H19NO3. The average molecular weight is 213 g/mol. The number of rotatable bonds is 4. The third kappa shape index (κ3) is 2.78. The van der Waals surface area contributed by atoms with Gasteiger partial charge in [-0.1, -0.05) is 6.08 Å². The van der Waals surface area contributed by atoms with E-state index in [4.69, 9.17) is 9.47 Å². The zero-order valence-corrected chi connectivity index (χ0v) is 9.00. The number of aliphatic hydroxyl groups excluding tert-OH is 1. The van der Waals surface area contributed by atoms with Crippen LogP contribution >= 0.6 is 0 Å². The molecule has 1 fully saturated rings. The summed E-state index contributed by atoms with van der Waals surface area (Å²) in [6.45, 7) is 3.83. The van der Waals surface area contributed by atoms with Crippen molar-refractivity contribution >= 4 is 0 Å². The van der Waals surface area contributed by atoms with Crippen LogP contribution in [0.3, 0.4) is 0 Å². The molecule has 4 heteroatoms. The van der Waals surface area contributed by atoms with Gasteiger partial charge in [-0.15, -0.1) is 0 Å².